The molecule has 39 atom stereocenters. The van der Waals surface area contributed by atoms with Crippen molar-refractivity contribution >= 4 is 21.6 Å². The maximum Gasteiger partial charge on any atom is 0.472 e. The Morgan fingerprint density at radius 3 is 1.31 bits per heavy atom. The Kier molecular flexibility index (Phi) is 30.5. The van der Waals surface area contributed by atoms with Crippen molar-refractivity contribution in [2.24, 2.45) is 5.73 Å². The largest absolute Gasteiger partial charge is 0.477 e. The number of ether oxygens (including phenoxy) is 13. The molecule has 7 fully saturated rings. The number of aliphatic hydroxyl groups is 24. The lowest BCUT2D eigenvalue weighted by Gasteiger charge is -2.53. The van der Waals surface area contributed by atoms with Crippen LogP contribution in [0.4, 0.5) is 0 Å². The number of phosphoric ester groups is 2. The lowest BCUT2D eigenvalue weighted by molar-refractivity contribution is -0.421. The van der Waals surface area contributed by atoms with Gasteiger partial charge in [-0.25, -0.2) is 13.9 Å². The zero-order chi connectivity index (χ0) is 73.8. The van der Waals surface area contributed by atoms with E-state index in [0.717, 1.165) is 0 Å². The fraction of sp³-hybridized carbons (Fsp3) is 0.980. The molecule has 7 aliphatic rings. The summed E-state index contributed by atoms with van der Waals surface area (Å²) >= 11 is 0. The van der Waals surface area contributed by atoms with Gasteiger partial charge in [0.15, 0.2) is 37.7 Å². The van der Waals surface area contributed by atoms with E-state index in [-0.39, 0.29) is 0 Å². The summed E-state index contributed by atoms with van der Waals surface area (Å²) in [5.41, 5.74) is 5.40. The van der Waals surface area contributed by atoms with Gasteiger partial charge in [0.05, 0.1) is 52.9 Å². The number of hydrogen-bond donors (Lipinski definition) is 29. The Hall–Kier alpha value is -1.83. The van der Waals surface area contributed by atoms with Gasteiger partial charge in [-0.15, -0.1) is 0 Å². The number of carboxylic acids is 1. The van der Waals surface area contributed by atoms with Crippen molar-refractivity contribution < 1.29 is 231 Å². The van der Waals surface area contributed by atoms with Gasteiger partial charge in [-0.2, -0.15) is 0 Å². The predicted molar refractivity (Wildman–Crippen MR) is 296 cm³/mol. The normalized spacial score (nSPS) is 46.8. The highest BCUT2D eigenvalue weighted by atomic mass is 31.2. The first-order chi connectivity index (χ1) is 46.4. The Balaban J connectivity index is 1.39. The highest BCUT2D eigenvalue weighted by molar-refractivity contribution is 7.47. The fourth-order valence-electron chi connectivity index (χ4n) is 11.8. The molecule has 7 heterocycles. The van der Waals surface area contributed by atoms with E-state index in [1.165, 1.54) is 0 Å². The molecule has 0 saturated carbocycles. The third-order valence-corrected chi connectivity index (χ3v) is 18.6. The second-order valence-electron chi connectivity index (χ2n) is 23.7. The second-order valence-corrected chi connectivity index (χ2v) is 26.3. The summed E-state index contributed by atoms with van der Waals surface area (Å²) in [6.07, 6.45) is -92.0. The molecule has 0 aromatic heterocycles. The SMILES string of the molecule is NCCOP(=O)(O)O[C@@H](CO)[C@H]1O[C@H](O[C@@H]2[C@H](O)[C@@H](O[C@H]3[C@@H]([C@H](O)CO)O[C@@](O)(C(=O)O)C[C@H]3OP(=O)(O)O)O[C@H]([C@@H](O)CO)[C@H]2O[C@@H]2O[C@H](CO)[C@@H](O[C@@H]3O[C@H](CO)[C@@H](O)[C@H](O)[C@H]3O)[C@H](O)[C@H]2O)[C@@H](O[C@H]2O[C@H]([C@@H](O)CO)[C@@H](O)[C@H](O)[C@@H]2O[C@@H]2O[C@H](CO)[C@H](O)[C@H](O)[C@H]2O)[C@@H](O)[C@@H]1O. The molecule has 0 radical (unpaired) electrons. The van der Waals surface area contributed by atoms with Gasteiger partial charge < -0.3 is 210 Å². The lowest BCUT2D eigenvalue weighted by Crippen LogP contribution is -2.71. The van der Waals surface area contributed by atoms with E-state index in [2.05, 4.69) is 0 Å². The molecular weight excluding hydrogens is 1420 g/mol. The zero-order valence-corrected chi connectivity index (χ0v) is 53.0. The number of phosphoric acid groups is 2. The second kappa shape index (κ2) is 35.7. The number of carboxylic acid groups (broad SMARTS) is 1. The van der Waals surface area contributed by atoms with Crippen LogP contribution in [0.25, 0.3) is 0 Å². The first kappa shape index (κ1) is 84.4. The minimum atomic E-state index is -5.97. The summed E-state index contributed by atoms with van der Waals surface area (Å²) in [7, 11) is -11.5. The van der Waals surface area contributed by atoms with Crippen LogP contribution in [0.1, 0.15) is 6.42 Å². The molecule has 1 unspecified atom stereocenters. The number of hydrogen-bond acceptors (Lipinski definition) is 44. The van der Waals surface area contributed by atoms with E-state index < -0.39 is 320 Å². The van der Waals surface area contributed by atoms with Gasteiger partial charge in [0.25, 0.3) is 5.79 Å². The molecule has 0 aromatic carbocycles. The topological polar surface area (TPSA) is 791 Å². The van der Waals surface area contributed by atoms with Gasteiger partial charge in [0, 0.05) is 13.0 Å². The molecule has 0 spiro atoms. The maximum atomic E-state index is 13.2. The summed E-state index contributed by atoms with van der Waals surface area (Å²) < 4.78 is 115. The van der Waals surface area contributed by atoms with E-state index >= 15 is 0 Å². The number of nitrogens with two attached hydrogens (primary N) is 1. The average Bonchev–Trinajstić information content (AvgIpc) is 0.764. The molecule has 580 valence electrons. The van der Waals surface area contributed by atoms with Crippen molar-refractivity contribution in [1.82, 2.24) is 0 Å². The summed E-state index contributed by atoms with van der Waals surface area (Å²) in [4.78, 5) is 43.1. The van der Waals surface area contributed by atoms with Crippen LogP contribution in [0.2, 0.25) is 0 Å². The van der Waals surface area contributed by atoms with Crippen LogP contribution in [0.15, 0.2) is 0 Å². The summed E-state index contributed by atoms with van der Waals surface area (Å²) in [6.45, 7) is -10.5. The third kappa shape index (κ3) is 19.1. The monoisotopic (exact) mass is 1500 g/mol. The van der Waals surface area contributed by atoms with E-state index in [9.17, 15) is 156 Å². The highest BCUT2D eigenvalue weighted by Crippen LogP contribution is 2.48. The van der Waals surface area contributed by atoms with Crippen molar-refractivity contribution in [2.45, 2.75) is 239 Å². The molecule has 7 saturated heterocycles. The van der Waals surface area contributed by atoms with Gasteiger partial charge in [-0.3, -0.25) is 13.6 Å². The van der Waals surface area contributed by atoms with Crippen molar-refractivity contribution in [3.05, 3.63) is 0 Å². The van der Waals surface area contributed by atoms with Crippen LogP contribution in [-0.4, -0.2) is 440 Å². The summed E-state index contributed by atoms with van der Waals surface area (Å²) in [6, 6.07) is 0. The molecule has 50 heteroatoms. The van der Waals surface area contributed by atoms with Gasteiger partial charge in [-0.1, -0.05) is 0 Å². The van der Waals surface area contributed by atoms with E-state index in [0.29, 0.717) is 0 Å². The first-order valence-corrected chi connectivity index (χ1v) is 33.2. The number of aliphatic hydroxyl groups excluding tert-OH is 23. The van der Waals surface area contributed by atoms with Crippen LogP contribution >= 0.6 is 15.6 Å². The average molecular weight is 1500 g/mol. The van der Waals surface area contributed by atoms with Gasteiger partial charge in [0.2, 0.25) is 0 Å². The summed E-state index contributed by atoms with van der Waals surface area (Å²) in [5, 5.41) is 274. The fourth-order valence-corrected chi connectivity index (χ4v) is 13.2. The van der Waals surface area contributed by atoms with Crippen LogP contribution < -0.4 is 5.73 Å². The van der Waals surface area contributed by atoms with Crippen molar-refractivity contribution in [3.8, 4) is 0 Å². The van der Waals surface area contributed by atoms with Crippen molar-refractivity contribution in [1.29, 1.82) is 0 Å². The Bertz CT molecular complexity index is 2590. The molecule has 99 heavy (non-hydrogen) atoms. The predicted octanol–water partition coefficient (Wildman–Crippen LogP) is -18.1. The summed E-state index contributed by atoms with van der Waals surface area (Å²) in [5.74, 6) is -5.92. The minimum Gasteiger partial charge on any atom is -0.477 e. The van der Waals surface area contributed by atoms with E-state index in [4.69, 9.17) is 80.9 Å². The molecule has 0 aliphatic carbocycles. The lowest BCUT2D eigenvalue weighted by atomic mass is 9.91. The van der Waals surface area contributed by atoms with Crippen LogP contribution in [0, 0.1) is 0 Å². The van der Waals surface area contributed by atoms with Crippen LogP contribution in [-0.2, 0) is 89.1 Å². The molecule has 0 amide bonds. The number of carbonyl (C=O) groups is 1. The minimum absolute atomic E-state index is 0.453. The first-order valence-electron chi connectivity index (χ1n) is 30.1. The zero-order valence-electron chi connectivity index (χ0n) is 51.2. The molecule has 0 bridgehead atoms. The van der Waals surface area contributed by atoms with Crippen LogP contribution in [0.5, 0.6) is 0 Å². The van der Waals surface area contributed by atoms with Gasteiger partial charge in [0.1, 0.15) is 189 Å². The van der Waals surface area contributed by atoms with Crippen LogP contribution in [0.3, 0.4) is 0 Å². The Morgan fingerprint density at radius 2 is 0.838 bits per heavy atom. The Labute approximate surface area is 556 Å². The molecule has 0 aromatic rings. The Morgan fingerprint density at radius 1 is 0.444 bits per heavy atom. The quantitative estimate of drug-likeness (QED) is 0.0287. The third-order valence-electron chi connectivity index (χ3n) is 17.0. The highest BCUT2D eigenvalue weighted by Gasteiger charge is 2.63. The standard InChI is InChI=1S/C49H87NO47P2/c50-1-2-82-99(80,81)97-18(10-57)36-24(66)26(68)40(93-46-39(25(67)23(65)32(86-46)11(58)4-51)92-43-29(71)22(64)20(62)16(8-55)84-43)47(89-36)91-38-31(73)45(90-37-14(96-98(77,78)79)3-49(76,48(74)75)95-34(37)13(60)6-53)87-33(12(59)5-52)41(38)94-44-30(72)27(69)35(17(9-56)85-44)88-42-28(70)21(63)19(61)15(7-54)83-42/h11-47,51-73,76H,1-10,50H2,(H,74,75)(H,80,81)(H2,77,78,79)/t11-,12-,13+,14+,15+,16+,17+,18-,19+,20-,21-,22-,23-,24-,25-,26-,27+,28+,29+,30+,31-,32+,33+,34+,35+,36+,37+,38+,39-,40-,41+,42-,43-,44-,45+,46+,47+,49+/m0/s1. The molecular formula is C49H87NO47P2. The van der Waals surface area contributed by atoms with Crippen molar-refractivity contribution in [3.63, 3.8) is 0 Å². The molecule has 7 aliphatic heterocycles. The van der Waals surface area contributed by atoms with Crippen molar-refractivity contribution in [2.75, 3.05) is 59.4 Å². The van der Waals surface area contributed by atoms with E-state index in [1.807, 2.05) is 0 Å². The number of rotatable bonds is 31. The van der Waals surface area contributed by atoms with E-state index in [1.54, 1.807) is 0 Å². The van der Waals surface area contributed by atoms with Gasteiger partial charge in [-0.05, 0) is 0 Å². The molecule has 48 nitrogen and oxygen atoms in total. The molecule has 30 N–H and O–H groups in total. The van der Waals surface area contributed by atoms with Gasteiger partial charge >= 0.3 is 21.6 Å². The molecule has 7 rings (SSSR count). The number of aliphatic carboxylic acids is 1. The maximum absolute atomic E-state index is 13.2. The smallest absolute Gasteiger partial charge is 0.472 e.